The van der Waals surface area contributed by atoms with E-state index in [0.717, 1.165) is 35.9 Å². The van der Waals surface area contributed by atoms with Gasteiger partial charge in [0.2, 0.25) is 0 Å². The third-order valence-corrected chi connectivity index (χ3v) is 5.18. The van der Waals surface area contributed by atoms with Crippen LogP contribution in [0.2, 0.25) is 0 Å². The second-order valence-corrected chi connectivity index (χ2v) is 7.57. The number of nitrogens with one attached hydrogen (secondary N) is 2. The zero-order chi connectivity index (χ0) is 21.2. The molecule has 3 aromatic rings. The first-order valence-corrected chi connectivity index (χ1v) is 10.9. The van der Waals surface area contributed by atoms with E-state index < -0.39 is 0 Å². The number of imidazole rings is 1. The van der Waals surface area contributed by atoms with Crippen molar-refractivity contribution in [2.75, 3.05) is 19.5 Å². The van der Waals surface area contributed by atoms with E-state index in [-0.39, 0.29) is 11.7 Å². The number of hydrogen-bond donors (Lipinski definition) is 2. The Morgan fingerprint density at radius 2 is 2.10 bits per heavy atom. The van der Waals surface area contributed by atoms with Crippen molar-refractivity contribution in [3.05, 3.63) is 48.0 Å². The van der Waals surface area contributed by atoms with Gasteiger partial charge < -0.3 is 14.5 Å². The van der Waals surface area contributed by atoms with Crippen molar-refractivity contribution < 1.29 is 14.3 Å². The molecule has 0 saturated carbocycles. The van der Waals surface area contributed by atoms with Crippen LogP contribution in [0.3, 0.4) is 0 Å². The zero-order valence-corrected chi connectivity index (χ0v) is 18.0. The molecule has 0 spiro atoms. The number of hydrazone groups is 1. The average Bonchev–Trinajstić information content (AvgIpc) is 3.19. The summed E-state index contributed by atoms with van der Waals surface area (Å²) in [6.45, 7) is 2.82. The summed E-state index contributed by atoms with van der Waals surface area (Å²) in [7, 11) is 1.60. The zero-order valence-electron chi connectivity index (χ0n) is 17.2. The van der Waals surface area contributed by atoms with Crippen LogP contribution in [-0.4, -0.2) is 41.6 Å². The van der Waals surface area contributed by atoms with Crippen molar-refractivity contribution in [2.24, 2.45) is 5.10 Å². The number of aromatic nitrogens is 2. The number of hydrogen-bond acceptors (Lipinski definition) is 6. The number of nitrogens with zero attached hydrogens (tertiary/aromatic N) is 2. The number of carbonyl (C=O) groups excluding carboxylic acids is 1. The summed E-state index contributed by atoms with van der Waals surface area (Å²) in [4.78, 5) is 19.7. The lowest BCUT2D eigenvalue weighted by molar-refractivity contribution is -0.118. The van der Waals surface area contributed by atoms with E-state index in [0.29, 0.717) is 23.3 Å². The highest BCUT2D eigenvalue weighted by Gasteiger charge is 2.07. The molecule has 30 heavy (non-hydrogen) atoms. The summed E-state index contributed by atoms with van der Waals surface area (Å²) in [5.41, 5.74) is 5.16. The first-order valence-electron chi connectivity index (χ1n) is 9.90. The summed E-state index contributed by atoms with van der Waals surface area (Å²) in [5, 5.41) is 4.73. The highest BCUT2D eigenvalue weighted by molar-refractivity contribution is 7.99. The van der Waals surface area contributed by atoms with Crippen molar-refractivity contribution in [3.8, 4) is 11.5 Å². The number of unbranched alkanes of at least 4 members (excludes halogenated alkanes) is 2. The van der Waals surface area contributed by atoms with E-state index in [1.165, 1.54) is 11.8 Å². The van der Waals surface area contributed by atoms with E-state index in [2.05, 4.69) is 27.4 Å². The van der Waals surface area contributed by atoms with Gasteiger partial charge in [-0.3, -0.25) is 4.79 Å². The van der Waals surface area contributed by atoms with Gasteiger partial charge in [0, 0.05) is 0 Å². The molecule has 7 nitrogen and oxygen atoms in total. The molecule has 1 amide bonds. The molecule has 0 aliphatic carbocycles. The highest BCUT2D eigenvalue weighted by Crippen LogP contribution is 2.27. The van der Waals surface area contributed by atoms with Gasteiger partial charge in [0.05, 0.1) is 36.7 Å². The first-order chi connectivity index (χ1) is 14.7. The molecule has 2 aromatic carbocycles. The van der Waals surface area contributed by atoms with Gasteiger partial charge in [-0.2, -0.15) is 5.10 Å². The molecular weight excluding hydrogens is 400 g/mol. The number of para-hydroxylation sites is 2. The molecule has 0 radical (unpaired) electrons. The maximum atomic E-state index is 12.0. The molecule has 1 aromatic heterocycles. The maximum Gasteiger partial charge on any atom is 0.250 e. The summed E-state index contributed by atoms with van der Waals surface area (Å²) in [6.07, 6.45) is 4.88. The second-order valence-electron chi connectivity index (χ2n) is 6.61. The van der Waals surface area contributed by atoms with E-state index in [4.69, 9.17) is 9.47 Å². The molecule has 0 aliphatic rings. The van der Waals surface area contributed by atoms with Crippen molar-refractivity contribution >= 4 is 34.9 Å². The van der Waals surface area contributed by atoms with Crippen molar-refractivity contribution in [1.82, 2.24) is 15.4 Å². The summed E-state index contributed by atoms with van der Waals surface area (Å²) >= 11 is 1.33. The summed E-state index contributed by atoms with van der Waals surface area (Å²) in [6, 6.07) is 13.3. The van der Waals surface area contributed by atoms with Gasteiger partial charge >= 0.3 is 0 Å². The molecule has 0 saturated heterocycles. The number of methoxy groups -OCH3 is 1. The first kappa shape index (κ1) is 21.7. The van der Waals surface area contributed by atoms with Gasteiger partial charge in [0.25, 0.3) is 5.91 Å². The highest BCUT2D eigenvalue weighted by atomic mass is 32.2. The van der Waals surface area contributed by atoms with E-state index >= 15 is 0 Å². The molecule has 0 fully saturated rings. The predicted octanol–water partition coefficient (Wildman–Crippen LogP) is 4.38. The van der Waals surface area contributed by atoms with Crippen molar-refractivity contribution in [2.45, 2.75) is 31.3 Å². The third kappa shape index (κ3) is 6.25. The van der Waals surface area contributed by atoms with Crippen LogP contribution in [0, 0.1) is 0 Å². The SMILES string of the molecule is CCCCCOc1ccc(/C=N\NC(=O)CSc2nc3ccccc3[nH]2)cc1OC. The molecule has 1 heterocycles. The van der Waals surface area contributed by atoms with E-state index in [9.17, 15) is 4.79 Å². The van der Waals surface area contributed by atoms with E-state index in [1.54, 1.807) is 13.3 Å². The molecule has 0 unspecified atom stereocenters. The Labute approximate surface area is 180 Å². The Morgan fingerprint density at radius 1 is 1.23 bits per heavy atom. The Balaban J connectivity index is 1.48. The minimum absolute atomic E-state index is 0.209. The van der Waals surface area contributed by atoms with Gasteiger partial charge in [-0.05, 0) is 42.3 Å². The lowest BCUT2D eigenvalue weighted by Crippen LogP contribution is -2.19. The molecular formula is C22H26N4O3S. The standard InChI is InChI=1S/C22H26N4O3S/c1-3-4-7-12-29-19-11-10-16(13-20(19)28-2)14-23-26-21(27)15-30-22-24-17-8-5-6-9-18(17)25-22/h5-6,8-11,13-14H,3-4,7,12,15H2,1-2H3,(H,24,25)(H,26,27)/b23-14-. The maximum absolute atomic E-state index is 12.0. The Kier molecular flexibility index (Phi) is 8.14. The molecule has 0 atom stereocenters. The van der Waals surface area contributed by atoms with E-state index in [1.807, 2.05) is 42.5 Å². The van der Waals surface area contributed by atoms with Gasteiger partial charge in [0.15, 0.2) is 16.7 Å². The number of thioether (sulfide) groups is 1. The largest absolute Gasteiger partial charge is 0.493 e. The molecule has 2 N–H and O–H groups in total. The third-order valence-electron chi connectivity index (χ3n) is 4.30. The van der Waals surface area contributed by atoms with Gasteiger partial charge in [0.1, 0.15) is 0 Å². The quantitative estimate of drug-likeness (QED) is 0.206. The molecule has 158 valence electrons. The fraction of sp³-hybridized carbons (Fsp3) is 0.318. The van der Waals surface area contributed by atoms with Gasteiger partial charge in [-0.1, -0.05) is 43.7 Å². The molecule has 0 aliphatic heterocycles. The fourth-order valence-electron chi connectivity index (χ4n) is 2.76. The molecule has 3 rings (SSSR count). The van der Waals surface area contributed by atoms with Crippen LogP contribution >= 0.6 is 11.8 Å². The fourth-order valence-corrected chi connectivity index (χ4v) is 3.44. The number of fused-ring (bicyclic) bond motifs is 1. The van der Waals surface area contributed by atoms with Gasteiger partial charge in [-0.25, -0.2) is 10.4 Å². The van der Waals surface area contributed by atoms with Crippen LogP contribution in [-0.2, 0) is 4.79 Å². The minimum Gasteiger partial charge on any atom is -0.493 e. The van der Waals surface area contributed by atoms with Crippen LogP contribution in [0.1, 0.15) is 31.7 Å². The monoisotopic (exact) mass is 426 g/mol. The second kappa shape index (κ2) is 11.3. The number of carbonyl (C=O) groups is 1. The number of amides is 1. The summed E-state index contributed by atoms with van der Waals surface area (Å²) < 4.78 is 11.2. The molecule has 8 heteroatoms. The van der Waals surface area contributed by atoms with Crippen LogP contribution in [0.4, 0.5) is 0 Å². The normalized spacial score (nSPS) is 11.1. The average molecular weight is 427 g/mol. The Hall–Kier alpha value is -3.00. The van der Waals surface area contributed by atoms with Crippen LogP contribution in [0.25, 0.3) is 11.0 Å². The lowest BCUT2D eigenvalue weighted by Gasteiger charge is -2.11. The number of ether oxygens (including phenoxy) is 2. The predicted molar refractivity (Wildman–Crippen MR) is 121 cm³/mol. The van der Waals surface area contributed by atoms with Crippen molar-refractivity contribution in [3.63, 3.8) is 0 Å². The number of aromatic amines is 1. The summed E-state index contributed by atoms with van der Waals surface area (Å²) in [5.74, 6) is 1.35. The topological polar surface area (TPSA) is 88.6 Å². The van der Waals surface area contributed by atoms with Crippen LogP contribution < -0.4 is 14.9 Å². The number of rotatable bonds is 11. The minimum atomic E-state index is -0.209. The number of H-pyrrole nitrogens is 1. The smallest absolute Gasteiger partial charge is 0.250 e. The van der Waals surface area contributed by atoms with Crippen molar-refractivity contribution in [1.29, 1.82) is 0 Å². The van der Waals surface area contributed by atoms with Crippen LogP contribution in [0.15, 0.2) is 52.7 Å². The number of benzene rings is 2. The Bertz CT molecular complexity index is 970. The Morgan fingerprint density at radius 3 is 2.90 bits per heavy atom. The van der Waals surface area contributed by atoms with Gasteiger partial charge in [-0.15, -0.1) is 0 Å². The van der Waals surface area contributed by atoms with Crippen LogP contribution in [0.5, 0.6) is 11.5 Å². The lowest BCUT2D eigenvalue weighted by atomic mass is 10.2. The molecule has 0 bridgehead atoms.